The molecule has 0 aromatic heterocycles. The first-order valence-corrected chi connectivity index (χ1v) is 5.66. The average molecular weight is 234 g/mol. The molecule has 0 fully saturated rings. The van der Waals surface area contributed by atoms with Crippen LogP contribution < -0.4 is 0 Å². The van der Waals surface area contributed by atoms with Crippen LogP contribution in [0.3, 0.4) is 0 Å². The molecular weight excluding hydrogens is 220 g/mol. The van der Waals surface area contributed by atoms with Gasteiger partial charge in [0.2, 0.25) is 0 Å². The first-order valence-electron chi connectivity index (χ1n) is 3.55. The van der Waals surface area contributed by atoms with Crippen LogP contribution in [-0.2, 0) is 0 Å². The molecular formula is C6H14Cl2NO2P. The highest BCUT2D eigenvalue weighted by Gasteiger charge is 2.35. The minimum absolute atomic E-state index is 0.0487. The third-order valence-electron chi connectivity index (χ3n) is 1.40. The van der Waals surface area contributed by atoms with Crippen molar-refractivity contribution in [2.45, 2.75) is 31.8 Å². The maximum absolute atomic E-state index is 9.05. The number of halogens is 2. The van der Waals surface area contributed by atoms with Crippen molar-refractivity contribution in [3.05, 3.63) is 0 Å². The molecule has 3 nitrogen and oxygen atoms in total. The Labute approximate surface area is 84.2 Å². The van der Waals surface area contributed by atoms with E-state index in [2.05, 4.69) is 0 Å². The van der Waals surface area contributed by atoms with Crippen LogP contribution in [-0.4, -0.2) is 31.4 Å². The minimum Gasteiger partial charge on any atom is -0.338 e. The van der Waals surface area contributed by atoms with E-state index in [1.165, 1.54) is 4.67 Å². The fourth-order valence-electron chi connectivity index (χ4n) is 0.993. The number of hydrogen-bond acceptors (Lipinski definition) is 3. The lowest BCUT2D eigenvalue weighted by atomic mass is 10.3. The van der Waals surface area contributed by atoms with Crippen LogP contribution in [0.25, 0.3) is 0 Å². The lowest BCUT2D eigenvalue weighted by molar-refractivity contribution is 0.234. The second kappa shape index (κ2) is 4.94. The summed E-state index contributed by atoms with van der Waals surface area (Å²) in [6.45, 7) is 5.31. The van der Waals surface area contributed by atoms with Gasteiger partial charge in [0.05, 0.1) is 5.88 Å². The van der Waals surface area contributed by atoms with E-state index in [0.29, 0.717) is 0 Å². The van der Waals surface area contributed by atoms with Crippen LogP contribution >= 0.6 is 31.7 Å². The summed E-state index contributed by atoms with van der Waals surface area (Å²) in [5, 5.41) is 0. The van der Waals surface area contributed by atoms with Gasteiger partial charge in [-0.1, -0.05) is 0 Å². The van der Waals surface area contributed by atoms with Gasteiger partial charge in [0.1, 0.15) is 5.00 Å². The Kier molecular flexibility index (Phi) is 5.31. The zero-order valence-electron chi connectivity index (χ0n) is 7.33. The van der Waals surface area contributed by atoms with Gasteiger partial charge < -0.3 is 9.79 Å². The van der Waals surface area contributed by atoms with Gasteiger partial charge in [-0.2, -0.15) is 0 Å². The van der Waals surface area contributed by atoms with E-state index in [1.54, 1.807) is 6.92 Å². The highest BCUT2D eigenvalue weighted by molar-refractivity contribution is 7.42. The molecule has 0 aliphatic heterocycles. The zero-order valence-corrected chi connectivity index (χ0v) is 9.74. The topological polar surface area (TPSA) is 43.7 Å². The van der Waals surface area contributed by atoms with E-state index in [0.717, 1.165) is 0 Å². The van der Waals surface area contributed by atoms with Gasteiger partial charge in [-0.25, -0.2) is 4.67 Å². The Morgan fingerprint density at radius 2 is 1.92 bits per heavy atom. The van der Waals surface area contributed by atoms with E-state index >= 15 is 0 Å². The number of rotatable bonds is 4. The van der Waals surface area contributed by atoms with E-state index < -0.39 is 13.5 Å². The van der Waals surface area contributed by atoms with E-state index in [9.17, 15) is 0 Å². The Morgan fingerprint density at radius 3 is 2.00 bits per heavy atom. The minimum atomic E-state index is -2.18. The molecule has 12 heavy (non-hydrogen) atoms. The van der Waals surface area contributed by atoms with Crippen molar-refractivity contribution < 1.29 is 9.79 Å². The first-order chi connectivity index (χ1) is 5.33. The average Bonchev–Trinajstić information content (AvgIpc) is 1.84. The van der Waals surface area contributed by atoms with Gasteiger partial charge in [-0.15, -0.1) is 23.2 Å². The fourth-order valence-corrected chi connectivity index (χ4v) is 2.46. The highest BCUT2D eigenvalue weighted by atomic mass is 35.5. The fraction of sp³-hybridized carbons (Fsp3) is 1.00. The predicted octanol–water partition coefficient (Wildman–Crippen LogP) is 2.10. The van der Waals surface area contributed by atoms with Gasteiger partial charge in [0.25, 0.3) is 8.53 Å². The molecule has 0 spiro atoms. The second-order valence-corrected chi connectivity index (χ2v) is 5.03. The van der Waals surface area contributed by atoms with Crippen LogP contribution in [0.4, 0.5) is 0 Å². The van der Waals surface area contributed by atoms with Crippen LogP contribution in [0, 0.1) is 0 Å². The number of nitrogens with zero attached hydrogens (tertiary/aromatic N) is 1. The molecule has 1 atom stereocenters. The van der Waals surface area contributed by atoms with Crippen molar-refractivity contribution in [3.8, 4) is 0 Å². The van der Waals surface area contributed by atoms with Crippen molar-refractivity contribution >= 4 is 31.7 Å². The van der Waals surface area contributed by atoms with Crippen molar-refractivity contribution in [1.82, 2.24) is 4.67 Å². The summed E-state index contributed by atoms with van der Waals surface area (Å²) in [5.74, 6) is 0.146. The molecule has 74 valence electrons. The molecule has 0 saturated carbocycles. The van der Waals surface area contributed by atoms with E-state index in [4.69, 9.17) is 33.0 Å². The second-order valence-electron chi connectivity index (χ2n) is 2.98. The van der Waals surface area contributed by atoms with Crippen molar-refractivity contribution in [2.75, 3.05) is 5.88 Å². The van der Waals surface area contributed by atoms with Crippen LogP contribution in [0.15, 0.2) is 0 Å². The SMILES string of the molecule is CC(C)N(P(O)O)C(C)(Cl)CCl. The Morgan fingerprint density at radius 1 is 1.50 bits per heavy atom. The molecule has 0 radical (unpaired) electrons. The third-order valence-corrected chi connectivity index (χ3v) is 3.78. The van der Waals surface area contributed by atoms with Crippen LogP contribution in [0.2, 0.25) is 0 Å². The largest absolute Gasteiger partial charge is 0.338 e. The first kappa shape index (κ1) is 12.9. The maximum atomic E-state index is 9.05. The molecule has 1 unspecified atom stereocenters. The smallest absolute Gasteiger partial charge is 0.254 e. The summed E-state index contributed by atoms with van der Waals surface area (Å²) >= 11 is 11.6. The van der Waals surface area contributed by atoms with Crippen LogP contribution in [0.1, 0.15) is 20.8 Å². The molecule has 0 heterocycles. The van der Waals surface area contributed by atoms with Gasteiger partial charge >= 0.3 is 0 Å². The number of hydrogen-bond donors (Lipinski definition) is 2. The molecule has 0 aliphatic carbocycles. The Balaban J connectivity index is 4.50. The normalized spacial score (nSPS) is 17.5. The van der Waals surface area contributed by atoms with Crippen molar-refractivity contribution in [1.29, 1.82) is 0 Å². The van der Waals surface area contributed by atoms with E-state index in [1.807, 2.05) is 13.8 Å². The molecule has 0 saturated heterocycles. The standard InChI is InChI=1S/C6H14Cl2NO2P/c1-5(2)9(12(10)11)6(3,8)4-7/h5,10-11H,4H2,1-3H3. The summed E-state index contributed by atoms with van der Waals surface area (Å²) in [6, 6.07) is -0.0487. The molecule has 0 aromatic carbocycles. The van der Waals surface area contributed by atoms with Gasteiger partial charge in [0, 0.05) is 6.04 Å². The number of alkyl halides is 2. The van der Waals surface area contributed by atoms with Gasteiger partial charge in [0.15, 0.2) is 0 Å². The van der Waals surface area contributed by atoms with Gasteiger partial charge in [-0.05, 0) is 20.8 Å². The molecule has 0 amide bonds. The molecule has 6 heteroatoms. The molecule has 2 N–H and O–H groups in total. The Bertz CT molecular complexity index is 136. The zero-order chi connectivity index (χ0) is 9.94. The molecule has 0 bridgehead atoms. The quantitative estimate of drug-likeness (QED) is 0.444. The lowest BCUT2D eigenvalue weighted by Gasteiger charge is -2.37. The third kappa shape index (κ3) is 3.33. The maximum Gasteiger partial charge on any atom is 0.254 e. The van der Waals surface area contributed by atoms with Crippen molar-refractivity contribution in [3.63, 3.8) is 0 Å². The van der Waals surface area contributed by atoms with Crippen LogP contribution in [0.5, 0.6) is 0 Å². The summed E-state index contributed by atoms with van der Waals surface area (Å²) in [5.41, 5.74) is 0. The summed E-state index contributed by atoms with van der Waals surface area (Å²) < 4.78 is 1.39. The van der Waals surface area contributed by atoms with E-state index in [-0.39, 0.29) is 11.9 Å². The molecule has 0 aromatic rings. The highest BCUT2D eigenvalue weighted by Crippen LogP contribution is 2.42. The van der Waals surface area contributed by atoms with Gasteiger partial charge in [-0.3, -0.25) is 0 Å². The van der Waals surface area contributed by atoms with Crippen molar-refractivity contribution in [2.24, 2.45) is 0 Å². The predicted molar refractivity (Wildman–Crippen MR) is 53.3 cm³/mol. The monoisotopic (exact) mass is 233 g/mol. The summed E-state index contributed by atoms with van der Waals surface area (Å²) in [7, 11) is -2.18. The molecule has 0 rings (SSSR count). The Hall–Kier alpha value is 0.890. The summed E-state index contributed by atoms with van der Waals surface area (Å²) in [6.07, 6.45) is 0. The summed E-state index contributed by atoms with van der Waals surface area (Å²) in [4.78, 5) is 17.2. The molecule has 0 aliphatic rings. The lowest BCUT2D eigenvalue weighted by Crippen LogP contribution is -2.43.